The Labute approximate surface area is 138 Å². The molecule has 0 amide bonds. The molecular formula is C18H15BrN2O. The van der Waals surface area contributed by atoms with E-state index in [1.807, 2.05) is 60.9 Å². The summed E-state index contributed by atoms with van der Waals surface area (Å²) in [6.07, 6.45) is 3.87. The minimum absolute atomic E-state index is 0.763. The van der Waals surface area contributed by atoms with E-state index in [4.69, 9.17) is 4.74 Å². The summed E-state index contributed by atoms with van der Waals surface area (Å²) in [4.78, 5) is 4.55. The summed E-state index contributed by atoms with van der Waals surface area (Å²) < 4.78 is 8.45. The molecule has 0 aliphatic rings. The minimum atomic E-state index is 0.763. The number of ether oxygens (including phenoxy) is 1. The van der Waals surface area contributed by atoms with Crippen molar-refractivity contribution in [2.24, 2.45) is 4.99 Å². The van der Waals surface area contributed by atoms with E-state index in [0.717, 1.165) is 27.3 Å². The number of para-hydroxylation sites is 2. The molecule has 0 N–H and O–H groups in total. The Kier molecular flexibility index (Phi) is 4.39. The molecule has 0 atom stereocenters. The molecule has 0 aliphatic carbocycles. The molecule has 0 saturated carbocycles. The van der Waals surface area contributed by atoms with Crippen LogP contribution >= 0.6 is 15.9 Å². The lowest BCUT2D eigenvalue weighted by molar-refractivity contribution is 0.416. The summed E-state index contributed by atoms with van der Waals surface area (Å²) in [5, 5.41) is 0. The van der Waals surface area contributed by atoms with Crippen molar-refractivity contribution in [2.75, 3.05) is 7.11 Å². The van der Waals surface area contributed by atoms with Crippen LogP contribution in [0.2, 0.25) is 0 Å². The third-order valence-corrected chi connectivity index (χ3v) is 3.78. The van der Waals surface area contributed by atoms with Gasteiger partial charge in [0.1, 0.15) is 11.4 Å². The van der Waals surface area contributed by atoms with Gasteiger partial charge in [-0.3, -0.25) is 4.99 Å². The van der Waals surface area contributed by atoms with Crippen LogP contribution in [0.1, 0.15) is 5.69 Å². The first-order chi connectivity index (χ1) is 10.8. The zero-order valence-electron chi connectivity index (χ0n) is 12.1. The van der Waals surface area contributed by atoms with Crippen molar-refractivity contribution in [3.63, 3.8) is 0 Å². The van der Waals surface area contributed by atoms with E-state index in [0.29, 0.717) is 0 Å². The molecule has 110 valence electrons. The van der Waals surface area contributed by atoms with Crippen LogP contribution in [0.5, 0.6) is 5.75 Å². The van der Waals surface area contributed by atoms with Crippen LogP contribution in [0.15, 0.2) is 76.3 Å². The summed E-state index contributed by atoms with van der Waals surface area (Å²) in [7, 11) is 1.65. The van der Waals surface area contributed by atoms with Crippen LogP contribution in [-0.4, -0.2) is 17.9 Å². The van der Waals surface area contributed by atoms with Gasteiger partial charge < -0.3 is 9.30 Å². The molecule has 0 spiro atoms. The number of rotatable bonds is 4. The first-order valence-electron chi connectivity index (χ1n) is 6.88. The fraction of sp³-hybridized carbons (Fsp3) is 0.0556. The molecule has 3 rings (SSSR count). The van der Waals surface area contributed by atoms with Gasteiger partial charge in [0.2, 0.25) is 0 Å². The predicted octanol–water partition coefficient (Wildman–Crippen LogP) is 5.00. The van der Waals surface area contributed by atoms with Crippen molar-refractivity contribution in [1.82, 2.24) is 4.57 Å². The maximum atomic E-state index is 5.32. The molecule has 0 radical (unpaired) electrons. The highest BCUT2D eigenvalue weighted by Crippen LogP contribution is 2.26. The van der Waals surface area contributed by atoms with Gasteiger partial charge in [-0.15, -0.1) is 0 Å². The normalized spacial score (nSPS) is 11.0. The maximum Gasteiger partial charge on any atom is 0.144 e. The number of benzene rings is 2. The van der Waals surface area contributed by atoms with Crippen molar-refractivity contribution in [3.8, 4) is 11.4 Å². The fourth-order valence-corrected chi connectivity index (χ4v) is 2.62. The van der Waals surface area contributed by atoms with Gasteiger partial charge >= 0.3 is 0 Å². The smallest absolute Gasteiger partial charge is 0.144 e. The van der Waals surface area contributed by atoms with E-state index in [-0.39, 0.29) is 0 Å². The zero-order chi connectivity index (χ0) is 15.4. The summed E-state index contributed by atoms with van der Waals surface area (Å²) in [6, 6.07) is 19.9. The highest BCUT2D eigenvalue weighted by Gasteiger charge is 2.03. The highest BCUT2D eigenvalue weighted by molar-refractivity contribution is 9.10. The lowest BCUT2D eigenvalue weighted by Gasteiger charge is -2.07. The van der Waals surface area contributed by atoms with Crippen LogP contribution in [0.4, 0.5) is 5.69 Å². The highest BCUT2D eigenvalue weighted by atomic mass is 79.9. The summed E-state index contributed by atoms with van der Waals surface area (Å²) in [5.74, 6) is 0.763. The predicted molar refractivity (Wildman–Crippen MR) is 93.7 cm³/mol. The molecule has 0 fully saturated rings. The average Bonchev–Trinajstić information content (AvgIpc) is 3.01. The van der Waals surface area contributed by atoms with Crippen LogP contribution in [-0.2, 0) is 0 Å². The number of aliphatic imine (C=N–C) groups is 1. The molecule has 2 aromatic carbocycles. The SMILES string of the molecule is COc1ccccc1N=Cc1cccn1-c1cccc(Br)c1. The van der Waals surface area contributed by atoms with Gasteiger partial charge in [0.25, 0.3) is 0 Å². The van der Waals surface area contributed by atoms with Crippen LogP contribution in [0, 0.1) is 0 Å². The first kappa shape index (κ1) is 14.6. The second-order valence-corrected chi connectivity index (χ2v) is 5.63. The number of aromatic nitrogens is 1. The van der Waals surface area contributed by atoms with Gasteiger partial charge in [0.05, 0.1) is 19.0 Å². The Morgan fingerprint density at radius 1 is 1.05 bits per heavy atom. The Morgan fingerprint density at radius 3 is 2.73 bits per heavy atom. The van der Waals surface area contributed by atoms with Gasteiger partial charge in [-0.2, -0.15) is 0 Å². The van der Waals surface area contributed by atoms with E-state index in [9.17, 15) is 0 Å². The van der Waals surface area contributed by atoms with Crippen LogP contribution < -0.4 is 4.74 Å². The number of methoxy groups -OCH3 is 1. The third-order valence-electron chi connectivity index (χ3n) is 3.29. The Morgan fingerprint density at radius 2 is 1.91 bits per heavy atom. The molecule has 0 unspecified atom stereocenters. The van der Waals surface area contributed by atoms with Crippen molar-refractivity contribution in [2.45, 2.75) is 0 Å². The molecule has 22 heavy (non-hydrogen) atoms. The Hall–Kier alpha value is -2.33. The number of hydrogen-bond acceptors (Lipinski definition) is 2. The van der Waals surface area contributed by atoms with Crippen molar-refractivity contribution in [3.05, 3.63) is 77.0 Å². The standard InChI is InChI=1S/C18H15BrN2O/c1-22-18-10-3-2-9-17(18)20-13-16-8-5-11-21(16)15-7-4-6-14(19)12-15/h2-13H,1H3. The monoisotopic (exact) mass is 354 g/mol. The maximum absolute atomic E-state index is 5.32. The first-order valence-corrected chi connectivity index (χ1v) is 7.67. The van der Waals surface area contributed by atoms with Crippen LogP contribution in [0.3, 0.4) is 0 Å². The molecule has 0 saturated heterocycles. The van der Waals surface area contributed by atoms with Gasteiger partial charge in [0, 0.05) is 16.4 Å². The fourth-order valence-electron chi connectivity index (χ4n) is 2.23. The minimum Gasteiger partial charge on any atom is -0.494 e. The van der Waals surface area contributed by atoms with Gasteiger partial charge in [-0.05, 0) is 42.5 Å². The van der Waals surface area contributed by atoms with E-state index in [1.165, 1.54) is 0 Å². The quantitative estimate of drug-likeness (QED) is 0.605. The molecule has 1 heterocycles. The van der Waals surface area contributed by atoms with E-state index >= 15 is 0 Å². The van der Waals surface area contributed by atoms with Crippen LogP contribution in [0.25, 0.3) is 5.69 Å². The van der Waals surface area contributed by atoms with E-state index in [2.05, 4.69) is 37.6 Å². The molecule has 0 bridgehead atoms. The largest absolute Gasteiger partial charge is 0.494 e. The molecule has 0 aliphatic heterocycles. The second-order valence-electron chi connectivity index (χ2n) is 4.71. The number of halogens is 1. The molecule has 3 aromatic rings. The summed E-state index contributed by atoms with van der Waals surface area (Å²) in [6.45, 7) is 0. The molecule has 3 nitrogen and oxygen atoms in total. The Bertz CT molecular complexity index is 808. The molecular weight excluding hydrogens is 340 g/mol. The zero-order valence-corrected chi connectivity index (χ0v) is 13.7. The van der Waals surface area contributed by atoms with E-state index in [1.54, 1.807) is 7.11 Å². The number of nitrogens with zero attached hydrogens (tertiary/aromatic N) is 2. The Balaban J connectivity index is 1.94. The molecule has 1 aromatic heterocycles. The third kappa shape index (κ3) is 3.12. The van der Waals surface area contributed by atoms with E-state index < -0.39 is 0 Å². The number of hydrogen-bond donors (Lipinski definition) is 0. The summed E-state index contributed by atoms with van der Waals surface area (Å²) in [5.41, 5.74) is 2.90. The van der Waals surface area contributed by atoms with Crippen molar-refractivity contribution in [1.29, 1.82) is 0 Å². The van der Waals surface area contributed by atoms with Crippen molar-refractivity contribution < 1.29 is 4.74 Å². The lowest BCUT2D eigenvalue weighted by Crippen LogP contribution is -1.97. The topological polar surface area (TPSA) is 26.5 Å². The average molecular weight is 355 g/mol. The molecule has 4 heteroatoms. The van der Waals surface area contributed by atoms with Gasteiger partial charge in [-0.25, -0.2) is 0 Å². The second kappa shape index (κ2) is 6.62. The summed E-state index contributed by atoms with van der Waals surface area (Å²) >= 11 is 3.50. The van der Waals surface area contributed by atoms with Gasteiger partial charge in [-0.1, -0.05) is 34.1 Å². The van der Waals surface area contributed by atoms with Gasteiger partial charge in [0.15, 0.2) is 0 Å². The lowest BCUT2D eigenvalue weighted by atomic mass is 10.3. The van der Waals surface area contributed by atoms with Crippen molar-refractivity contribution >= 4 is 27.8 Å².